The summed E-state index contributed by atoms with van der Waals surface area (Å²) >= 11 is 0. The quantitative estimate of drug-likeness (QED) is 0.480. The summed E-state index contributed by atoms with van der Waals surface area (Å²) in [5.41, 5.74) is 0.937. The van der Waals surface area contributed by atoms with Crippen LogP contribution in [0.4, 0.5) is 0 Å². The van der Waals surface area contributed by atoms with E-state index in [4.69, 9.17) is 12.8 Å². The average Bonchev–Trinajstić information content (AvgIpc) is 3.05. The molecule has 4 rings (SSSR count). The molecule has 0 aromatic heterocycles. The number of rotatable bonds is 3. The Balaban J connectivity index is 1.98. The third kappa shape index (κ3) is 2.92. The van der Waals surface area contributed by atoms with Gasteiger partial charge < -0.3 is 15.3 Å². The van der Waals surface area contributed by atoms with Crippen molar-refractivity contribution >= 4 is 5.78 Å². The molecule has 4 nitrogen and oxygen atoms in total. The molecule has 168 valence electrons. The summed E-state index contributed by atoms with van der Waals surface area (Å²) in [6.07, 6.45) is 14.3. The zero-order valence-electron chi connectivity index (χ0n) is 19.0. The molecular weight excluding hydrogens is 388 g/mol. The van der Waals surface area contributed by atoms with Gasteiger partial charge in [-0.1, -0.05) is 25.0 Å². The Labute approximate surface area is 186 Å². The van der Waals surface area contributed by atoms with E-state index >= 15 is 0 Å². The minimum Gasteiger partial charge on any atom is -0.393 e. The number of carbonyl (C=O) groups excluding carboxylic acids is 1. The van der Waals surface area contributed by atoms with E-state index in [-0.39, 0.29) is 48.2 Å². The Morgan fingerprint density at radius 3 is 2.32 bits per heavy atom. The molecule has 0 radical (unpaired) electrons. The van der Waals surface area contributed by atoms with Crippen LogP contribution in [0.5, 0.6) is 0 Å². The van der Waals surface area contributed by atoms with Gasteiger partial charge in [-0.15, -0.1) is 24.7 Å². The summed E-state index contributed by atoms with van der Waals surface area (Å²) in [6, 6.07) is 0. The fourth-order valence-electron chi connectivity index (χ4n) is 8.19. The van der Waals surface area contributed by atoms with Gasteiger partial charge >= 0.3 is 0 Å². The first-order valence-corrected chi connectivity index (χ1v) is 11.8. The van der Waals surface area contributed by atoms with Crippen molar-refractivity contribution < 1.29 is 20.1 Å². The molecule has 0 unspecified atom stereocenters. The monoisotopic (exact) mass is 424 g/mol. The molecule has 4 heteroatoms. The third-order valence-electron chi connectivity index (χ3n) is 9.70. The molecule has 8 atom stereocenters. The van der Waals surface area contributed by atoms with Crippen molar-refractivity contribution in [2.75, 3.05) is 0 Å². The van der Waals surface area contributed by atoms with Crippen LogP contribution in [0, 0.1) is 58.7 Å². The highest BCUT2D eigenvalue weighted by Gasteiger charge is 2.66. The summed E-state index contributed by atoms with van der Waals surface area (Å²) in [4.78, 5) is 14.2. The van der Waals surface area contributed by atoms with E-state index in [9.17, 15) is 20.1 Å². The smallest absolute Gasteiger partial charge is 0.148 e. The van der Waals surface area contributed by atoms with Gasteiger partial charge in [-0.2, -0.15) is 0 Å². The molecule has 4 aliphatic rings. The number of carbonyl (C=O) groups is 1. The van der Waals surface area contributed by atoms with Gasteiger partial charge in [-0.25, -0.2) is 0 Å². The fourth-order valence-corrected chi connectivity index (χ4v) is 8.19. The second-order valence-corrected chi connectivity index (χ2v) is 11.1. The zero-order chi connectivity index (χ0) is 22.8. The van der Waals surface area contributed by atoms with Crippen LogP contribution in [0.15, 0.2) is 11.1 Å². The van der Waals surface area contributed by atoms with Crippen molar-refractivity contribution in [3.8, 4) is 24.7 Å². The lowest BCUT2D eigenvalue weighted by molar-refractivity contribution is -0.160. The number of terminal acetylenes is 2. The van der Waals surface area contributed by atoms with Crippen LogP contribution in [0.1, 0.15) is 72.1 Å². The number of allylic oxidation sites excluding steroid dienone is 2. The zero-order valence-corrected chi connectivity index (χ0v) is 19.0. The van der Waals surface area contributed by atoms with Crippen molar-refractivity contribution in [3.05, 3.63) is 11.1 Å². The van der Waals surface area contributed by atoms with E-state index < -0.39 is 29.1 Å². The molecule has 0 aromatic carbocycles. The SMILES string of the molecule is C#CCC1(CC#C)C(=O)[C@@H]2C[C@@H](O)[C@@H](O)C[C@]2(C)[C@H]2CC[C@@]3(C)C(=C21)CC[C@@H]3[C@H](C)O. The summed E-state index contributed by atoms with van der Waals surface area (Å²) in [7, 11) is 0. The van der Waals surface area contributed by atoms with E-state index in [1.807, 2.05) is 6.92 Å². The second-order valence-electron chi connectivity index (χ2n) is 11.1. The number of aliphatic hydroxyl groups excluding tert-OH is 3. The third-order valence-corrected chi connectivity index (χ3v) is 9.70. The molecule has 3 saturated carbocycles. The Morgan fingerprint density at radius 1 is 1.10 bits per heavy atom. The molecule has 0 heterocycles. The molecule has 31 heavy (non-hydrogen) atoms. The van der Waals surface area contributed by atoms with Gasteiger partial charge in [0.05, 0.1) is 23.7 Å². The summed E-state index contributed by atoms with van der Waals surface area (Å²) in [5.74, 6) is 5.50. The van der Waals surface area contributed by atoms with Gasteiger partial charge in [-0.05, 0) is 68.1 Å². The first kappa shape index (κ1) is 22.6. The van der Waals surface area contributed by atoms with Gasteiger partial charge in [0.2, 0.25) is 0 Å². The number of hydrogen-bond acceptors (Lipinski definition) is 4. The molecule has 0 saturated heterocycles. The molecule has 0 amide bonds. The van der Waals surface area contributed by atoms with Gasteiger partial charge in [0, 0.05) is 18.8 Å². The van der Waals surface area contributed by atoms with Crippen molar-refractivity contribution in [3.63, 3.8) is 0 Å². The predicted octanol–water partition coefficient (Wildman–Crippen LogP) is 3.24. The van der Waals surface area contributed by atoms with Crippen LogP contribution >= 0.6 is 0 Å². The Hall–Kier alpha value is -1.59. The Kier molecular flexibility index (Phi) is 5.45. The normalized spacial score (nSPS) is 44.5. The molecule has 0 aromatic rings. The van der Waals surface area contributed by atoms with Crippen molar-refractivity contribution in [1.82, 2.24) is 0 Å². The largest absolute Gasteiger partial charge is 0.393 e. The lowest BCUT2D eigenvalue weighted by atomic mass is 9.42. The first-order valence-electron chi connectivity index (χ1n) is 11.8. The highest BCUT2D eigenvalue weighted by atomic mass is 16.3. The van der Waals surface area contributed by atoms with Crippen LogP contribution in [-0.4, -0.2) is 39.4 Å². The highest BCUT2D eigenvalue weighted by molar-refractivity contribution is 5.93. The maximum atomic E-state index is 14.2. The lowest BCUT2D eigenvalue weighted by Gasteiger charge is -2.61. The number of fused-ring (bicyclic) bond motifs is 4. The number of Topliss-reactive ketones (excluding diaryl/α,β-unsaturated/α-hetero) is 1. The summed E-state index contributed by atoms with van der Waals surface area (Å²) in [5, 5.41) is 31.5. The fraction of sp³-hybridized carbons (Fsp3) is 0.741. The number of aliphatic hydroxyl groups is 3. The van der Waals surface area contributed by atoms with E-state index in [1.54, 1.807) is 0 Å². The minimum atomic E-state index is -0.898. The van der Waals surface area contributed by atoms with E-state index in [0.29, 0.717) is 6.42 Å². The summed E-state index contributed by atoms with van der Waals surface area (Å²) in [6.45, 7) is 6.23. The molecular formula is C27H36O4. The van der Waals surface area contributed by atoms with Crippen molar-refractivity contribution in [2.45, 2.75) is 90.4 Å². The van der Waals surface area contributed by atoms with Crippen LogP contribution in [0.3, 0.4) is 0 Å². The van der Waals surface area contributed by atoms with Crippen LogP contribution in [0.25, 0.3) is 0 Å². The minimum absolute atomic E-state index is 0.0559. The lowest BCUT2D eigenvalue weighted by Crippen LogP contribution is -2.61. The van der Waals surface area contributed by atoms with E-state index in [0.717, 1.165) is 31.3 Å². The molecule has 3 fully saturated rings. The van der Waals surface area contributed by atoms with Crippen LogP contribution in [0.2, 0.25) is 0 Å². The van der Waals surface area contributed by atoms with E-state index in [1.165, 1.54) is 5.57 Å². The van der Waals surface area contributed by atoms with E-state index in [2.05, 4.69) is 25.7 Å². The summed E-state index contributed by atoms with van der Waals surface area (Å²) < 4.78 is 0. The maximum Gasteiger partial charge on any atom is 0.148 e. The molecule has 0 aliphatic heterocycles. The van der Waals surface area contributed by atoms with Gasteiger partial charge in [0.25, 0.3) is 0 Å². The molecule has 4 aliphatic carbocycles. The second kappa shape index (κ2) is 7.48. The number of hydrogen-bond donors (Lipinski definition) is 3. The van der Waals surface area contributed by atoms with Crippen molar-refractivity contribution in [1.29, 1.82) is 0 Å². The average molecular weight is 425 g/mol. The standard InChI is InChI=1S/C27H36O4/c1-6-11-27(12-7-2)23-18-9-8-17(16(3)28)25(18,4)13-10-19(23)26(5)15-22(30)21(29)14-20(26)24(27)31/h1-2,16-17,19-22,28-30H,8-15H2,3-5H3/t16-,17+,19-,20-,21+,22-,25+,26+/m0/s1. The maximum absolute atomic E-state index is 14.2. The number of ketones is 1. The topological polar surface area (TPSA) is 77.8 Å². The predicted molar refractivity (Wildman–Crippen MR) is 119 cm³/mol. The van der Waals surface area contributed by atoms with Crippen molar-refractivity contribution in [2.24, 2.45) is 34.0 Å². The van der Waals surface area contributed by atoms with Gasteiger partial charge in [-0.3, -0.25) is 4.79 Å². The van der Waals surface area contributed by atoms with Crippen LogP contribution in [-0.2, 0) is 4.79 Å². The molecule has 3 N–H and O–H groups in total. The Bertz CT molecular complexity index is 870. The van der Waals surface area contributed by atoms with Crippen LogP contribution < -0.4 is 0 Å². The molecule has 0 spiro atoms. The first-order chi connectivity index (χ1) is 14.6. The highest BCUT2D eigenvalue weighted by Crippen LogP contribution is 2.69. The molecule has 0 bridgehead atoms. The van der Waals surface area contributed by atoms with Gasteiger partial charge in [0.15, 0.2) is 0 Å². The Morgan fingerprint density at radius 2 is 1.74 bits per heavy atom. The van der Waals surface area contributed by atoms with Gasteiger partial charge in [0.1, 0.15) is 5.78 Å².